The highest BCUT2D eigenvalue weighted by Crippen LogP contribution is 2.40. The van der Waals surface area contributed by atoms with Crippen LogP contribution >= 0.6 is 0 Å². The van der Waals surface area contributed by atoms with Crippen molar-refractivity contribution < 1.29 is 14.5 Å². The minimum absolute atomic E-state index is 0.0132. The number of nitrogens with zero attached hydrogens (tertiary/aromatic N) is 3. The molecule has 1 saturated heterocycles. The molecule has 0 unspecified atom stereocenters. The highest BCUT2D eigenvalue weighted by Gasteiger charge is 2.35. The molecular weight excluding hydrogens is 470 g/mol. The minimum atomic E-state index is -0.496. The Kier molecular flexibility index (Phi) is 5.84. The molecule has 0 radical (unpaired) electrons. The van der Waals surface area contributed by atoms with Crippen LogP contribution in [0.4, 0.5) is 5.69 Å². The molecule has 6 rings (SSSR count). The van der Waals surface area contributed by atoms with Gasteiger partial charge in [-0.15, -0.1) is 0 Å². The van der Waals surface area contributed by atoms with Gasteiger partial charge in [0.15, 0.2) is 0 Å². The van der Waals surface area contributed by atoms with Gasteiger partial charge in [-0.1, -0.05) is 36.8 Å². The molecular formula is C28H27N5O4. The number of aryl methyl sites for hydroxylation is 1. The molecule has 4 aromatic rings. The van der Waals surface area contributed by atoms with Gasteiger partial charge >= 0.3 is 0 Å². The zero-order valence-electron chi connectivity index (χ0n) is 20.3. The number of rotatable bonds is 7. The number of fused-ring (bicyclic) bond motifs is 2. The first-order valence-electron chi connectivity index (χ1n) is 12.7. The number of hydrogen-bond acceptors (Lipinski definition) is 5. The number of nitro benzene ring substituents is 1. The summed E-state index contributed by atoms with van der Waals surface area (Å²) in [4.78, 5) is 43.4. The van der Waals surface area contributed by atoms with E-state index in [0.29, 0.717) is 28.6 Å². The monoisotopic (exact) mass is 497 g/mol. The maximum absolute atomic E-state index is 13.2. The molecule has 0 atom stereocenters. The van der Waals surface area contributed by atoms with Crippen LogP contribution in [0.25, 0.3) is 33.0 Å². The first kappa shape index (κ1) is 23.2. The number of hydrogen-bond donors (Lipinski definition) is 2. The lowest BCUT2D eigenvalue weighted by Crippen LogP contribution is -2.31. The molecule has 0 saturated carbocycles. The molecule has 2 aliphatic rings. The molecule has 2 aromatic carbocycles. The van der Waals surface area contributed by atoms with Crippen molar-refractivity contribution in [1.29, 1.82) is 0 Å². The largest absolute Gasteiger partial charge is 0.361 e. The highest BCUT2D eigenvalue weighted by molar-refractivity contribution is 6.50. The third-order valence-electron chi connectivity index (χ3n) is 7.45. The number of nitro groups is 1. The van der Waals surface area contributed by atoms with Crippen LogP contribution in [0, 0.1) is 10.1 Å². The number of non-ortho nitro benzene ring substituents is 1. The predicted molar refractivity (Wildman–Crippen MR) is 142 cm³/mol. The van der Waals surface area contributed by atoms with Crippen molar-refractivity contribution in [2.24, 2.45) is 0 Å². The summed E-state index contributed by atoms with van der Waals surface area (Å²) in [6, 6.07) is 12.5. The average Bonchev–Trinajstić information content (AvgIpc) is 3.57. The molecule has 2 aromatic heterocycles. The number of para-hydroxylation sites is 2. The van der Waals surface area contributed by atoms with E-state index in [1.165, 1.54) is 25.3 Å². The second-order valence-corrected chi connectivity index (χ2v) is 9.70. The first-order valence-corrected chi connectivity index (χ1v) is 12.7. The van der Waals surface area contributed by atoms with Crippen LogP contribution in [0.15, 0.2) is 54.9 Å². The van der Waals surface area contributed by atoms with Crippen molar-refractivity contribution in [3.05, 3.63) is 76.1 Å². The summed E-state index contributed by atoms with van der Waals surface area (Å²) >= 11 is 0. The molecule has 2 amide bonds. The van der Waals surface area contributed by atoms with E-state index in [1.807, 2.05) is 28.8 Å². The zero-order valence-corrected chi connectivity index (χ0v) is 20.3. The Balaban J connectivity index is 1.49. The molecule has 188 valence electrons. The lowest BCUT2D eigenvalue weighted by Gasteiger charge is -2.26. The van der Waals surface area contributed by atoms with E-state index in [2.05, 4.69) is 15.2 Å². The quantitative estimate of drug-likeness (QED) is 0.222. The maximum atomic E-state index is 13.2. The Morgan fingerprint density at radius 3 is 2.38 bits per heavy atom. The fraction of sp³-hybridized carbons (Fsp3) is 0.286. The third kappa shape index (κ3) is 4.01. The fourth-order valence-electron chi connectivity index (χ4n) is 5.76. The Morgan fingerprint density at radius 2 is 1.59 bits per heavy atom. The van der Waals surface area contributed by atoms with Gasteiger partial charge in [-0.25, -0.2) is 0 Å². The number of imide groups is 1. The van der Waals surface area contributed by atoms with Crippen molar-refractivity contribution in [1.82, 2.24) is 19.8 Å². The summed E-state index contributed by atoms with van der Waals surface area (Å²) in [6.45, 7) is 3.66. The second kappa shape index (κ2) is 9.33. The van der Waals surface area contributed by atoms with Crippen molar-refractivity contribution in [2.45, 2.75) is 32.2 Å². The van der Waals surface area contributed by atoms with Gasteiger partial charge < -0.3 is 14.5 Å². The highest BCUT2D eigenvalue weighted by atomic mass is 16.6. The Bertz CT molecular complexity index is 1590. The normalized spacial score (nSPS) is 16.8. The number of benzene rings is 2. The predicted octanol–water partition coefficient (Wildman–Crippen LogP) is 4.47. The molecule has 0 aliphatic carbocycles. The number of aromatic nitrogens is 2. The number of nitrogens with one attached hydrogen (secondary N) is 2. The number of piperidine rings is 1. The molecule has 0 bridgehead atoms. The van der Waals surface area contributed by atoms with Crippen molar-refractivity contribution in [2.75, 3.05) is 19.6 Å². The lowest BCUT2D eigenvalue weighted by molar-refractivity contribution is -0.383. The van der Waals surface area contributed by atoms with Crippen LogP contribution in [-0.4, -0.2) is 50.8 Å². The number of likely N-dealkylation sites (tertiary alicyclic amines) is 1. The van der Waals surface area contributed by atoms with Crippen molar-refractivity contribution in [3.8, 4) is 0 Å². The van der Waals surface area contributed by atoms with Gasteiger partial charge in [-0.2, -0.15) is 0 Å². The van der Waals surface area contributed by atoms with Crippen LogP contribution in [0.3, 0.4) is 0 Å². The SMILES string of the molecule is O=C1NC(=O)C(c2cn(CCCN3CCCCC3)c3c([N+](=O)[O-])cccc23)=C1c1c[nH]c2ccccc12. The molecule has 1 fully saturated rings. The molecule has 4 heterocycles. The zero-order chi connectivity index (χ0) is 25.5. The van der Waals surface area contributed by atoms with Crippen LogP contribution < -0.4 is 5.32 Å². The van der Waals surface area contributed by atoms with Crippen LogP contribution in [0.5, 0.6) is 0 Å². The maximum Gasteiger partial charge on any atom is 0.293 e. The molecule has 9 nitrogen and oxygen atoms in total. The third-order valence-corrected chi connectivity index (χ3v) is 7.45. The number of H-pyrrole nitrogens is 1. The van der Waals surface area contributed by atoms with Crippen molar-refractivity contribution in [3.63, 3.8) is 0 Å². The summed E-state index contributed by atoms with van der Waals surface area (Å²) in [5.41, 5.74) is 2.99. The smallest absolute Gasteiger partial charge is 0.293 e. The summed E-state index contributed by atoms with van der Waals surface area (Å²) in [6.07, 6.45) is 8.04. The van der Waals surface area contributed by atoms with Crippen molar-refractivity contribution >= 4 is 50.5 Å². The summed E-state index contributed by atoms with van der Waals surface area (Å²) in [5.74, 6) is -0.967. The Labute approximate surface area is 212 Å². The van der Waals surface area contributed by atoms with Gasteiger partial charge in [0.2, 0.25) is 0 Å². The lowest BCUT2D eigenvalue weighted by atomic mass is 9.95. The Hall–Kier alpha value is -4.24. The van der Waals surface area contributed by atoms with Gasteiger partial charge in [-0.05, 0) is 45.0 Å². The van der Waals surface area contributed by atoms with Gasteiger partial charge in [0.25, 0.3) is 17.5 Å². The molecule has 2 aliphatic heterocycles. The summed E-state index contributed by atoms with van der Waals surface area (Å²) < 4.78 is 1.88. The topological polar surface area (TPSA) is 113 Å². The van der Waals surface area contributed by atoms with E-state index in [4.69, 9.17) is 0 Å². The molecule has 37 heavy (non-hydrogen) atoms. The number of amides is 2. The van der Waals surface area contributed by atoms with Crippen LogP contribution in [0.1, 0.15) is 36.8 Å². The molecule has 2 N–H and O–H groups in total. The van der Waals surface area contributed by atoms with E-state index < -0.39 is 11.8 Å². The van der Waals surface area contributed by atoms with Gasteiger partial charge in [-0.3, -0.25) is 25.0 Å². The van der Waals surface area contributed by atoms with Gasteiger partial charge in [0.05, 0.1) is 16.1 Å². The number of carbonyl (C=O) groups excluding carboxylic acids is 2. The van der Waals surface area contributed by atoms with Crippen LogP contribution in [0.2, 0.25) is 0 Å². The van der Waals surface area contributed by atoms with E-state index in [0.717, 1.165) is 37.0 Å². The molecule has 0 spiro atoms. The fourth-order valence-corrected chi connectivity index (χ4v) is 5.76. The van der Waals surface area contributed by atoms with E-state index in [9.17, 15) is 19.7 Å². The van der Waals surface area contributed by atoms with E-state index >= 15 is 0 Å². The Morgan fingerprint density at radius 1 is 0.865 bits per heavy atom. The molecule has 9 heteroatoms. The first-order chi connectivity index (χ1) is 18.0. The number of carbonyl (C=O) groups is 2. The van der Waals surface area contributed by atoms with E-state index in [-0.39, 0.29) is 21.8 Å². The summed E-state index contributed by atoms with van der Waals surface area (Å²) in [7, 11) is 0. The average molecular weight is 498 g/mol. The summed E-state index contributed by atoms with van der Waals surface area (Å²) in [5, 5.41) is 15.8. The standard InChI is InChI=1S/C28H27N5O4/c34-27-24(20-16-29-22-10-3-2-8-18(20)22)25(28(35)30-27)21-17-32(15-7-14-31-12-4-1-5-13-31)26-19(21)9-6-11-23(26)33(36)37/h2-3,6,8-11,16-17,29H,1,4-5,7,12-15H2,(H,30,34,35). The van der Waals surface area contributed by atoms with Crippen LogP contribution in [-0.2, 0) is 16.1 Å². The van der Waals surface area contributed by atoms with Gasteiger partial charge in [0, 0.05) is 52.4 Å². The number of aromatic amines is 1. The second-order valence-electron chi connectivity index (χ2n) is 9.70. The van der Waals surface area contributed by atoms with E-state index in [1.54, 1.807) is 24.5 Å². The van der Waals surface area contributed by atoms with Gasteiger partial charge in [0.1, 0.15) is 5.52 Å². The minimum Gasteiger partial charge on any atom is -0.361 e.